The first kappa shape index (κ1) is 16.9. The van der Waals surface area contributed by atoms with Gasteiger partial charge in [-0.25, -0.2) is 0 Å². The van der Waals surface area contributed by atoms with Crippen molar-refractivity contribution < 1.29 is 4.74 Å². The molecule has 114 valence electrons. The van der Waals surface area contributed by atoms with E-state index in [2.05, 4.69) is 44.8 Å². The van der Waals surface area contributed by atoms with E-state index in [-0.39, 0.29) is 0 Å². The third kappa shape index (κ3) is 6.24. The van der Waals surface area contributed by atoms with E-state index in [1.165, 1.54) is 12.8 Å². The average Bonchev–Trinajstić information content (AvgIpc) is 2.84. The molecule has 1 saturated heterocycles. The summed E-state index contributed by atoms with van der Waals surface area (Å²) in [6.45, 7) is 16.8. The molecule has 1 fully saturated rings. The Morgan fingerprint density at radius 1 is 1.21 bits per heavy atom. The van der Waals surface area contributed by atoms with Crippen LogP contribution >= 0.6 is 0 Å². The lowest BCUT2D eigenvalue weighted by Gasteiger charge is -2.35. The van der Waals surface area contributed by atoms with Crippen molar-refractivity contribution in [2.24, 2.45) is 11.8 Å². The monoisotopic (exact) mass is 270 g/mol. The first-order chi connectivity index (χ1) is 9.04. The summed E-state index contributed by atoms with van der Waals surface area (Å²) >= 11 is 0. The highest BCUT2D eigenvalue weighted by Crippen LogP contribution is 2.17. The van der Waals surface area contributed by atoms with E-state index < -0.39 is 0 Å². The highest BCUT2D eigenvalue weighted by molar-refractivity contribution is 4.80. The second kappa shape index (κ2) is 8.93. The second-order valence-corrected chi connectivity index (χ2v) is 6.59. The van der Waals surface area contributed by atoms with Crippen LogP contribution in [0.3, 0.4) is 0 Å². The van der Waals surface area contributed by atoms with Gasteiger partial charge in [0.25, 0.3) is 0 Å². The molecule has 2 unspecified atom stereocenters. The van der Waals surface area contributed by atoms with Crippen molar-refractivity contribution in [3.05, 3.63) is 0 Å². The normalized spacial score (nSPS) is 21.8. The minimum absolute atomic E-state index is 0.464. The minimum Gasteiger partial charge on any atom is -0.377 e. The maximum Gasteiger partial charge on any atom is 0.0702 e. The van der Waals surface area contributed by atoms with Gasteiger partial charge in [0.15, 0.2) is 0 Å². The predicted octanol–water partition coefficient (Wildman–Crippen LogP) is 2.76. The van der Waals surface area contributed by atoms with Crippen LogP contribution in [0.25, 0.3) is 0 Å². The van der Waals surface area contributed by atoms with Crippen LogP contribution in [0.1, 0.15) is 47.5 Å². The van der Waals surface area contributed by atoms with Crippen LogP contribution in [0, 0.1) is 11.8 Å². The Morgan fingerprint density at radius 3 is 2.42 bits per heavy atom. The molecule has 0 aromatic rings. The molecule has 0 aliphatic carbocycles. The summed E-state index contributed by atoms with van der Waals surface area (Å²) in [6.07, 6.45) is 2.94. The van der Waals surface area contributed by atoms with E-state index in [9.17, 15) is 0 Å². The molecule has 0 radical (unpaired) electrons. The van der Waals surface area contributed by atoms with Crippen LogP contribution in [0.5, 0.6) is 0 Å². The van der Waals surface area contributed by atoms with E-state index in [0.717, 1.165) is 38.7 Å². The van der Waals surface area contributed by atoms with Gasteiger partial charge in [-0.2, -0.15) is 0 Å². The SMILES string of the molecule is CCN(CC1CCCO1)C(CNCC(C)C)C(C)C. The Kier molecular flexibility index (Phi) is 7.96. The van der Waals surface area contributed by atoms with Crippen LogP contribution < -0.4 is 5.32 Å². The molecule has 0 saturated carbocycles. The van der Waals surface area contributed by atoms with Gasteiger partial charge in [-0.3, -0.25) is 4.90 Å². The Balaban J connectivity index is 2.45. The molecule has 19 heavy (non-hydrogen) atoms. The fourth-order valence-electron chi connectivity index (χ4n) is 2.86. The number of nitrogens with zero attached hydrogens (tertiary/aromatic N) is 1. The molecule has 0 bridgehead atoms. The lowest BCUT2D eigenvalue weighted by atomic mass is 10.0. The summed E-state index contributed by atoms with van der Waals surface area (Å²) in [5, 5.41) is 3.62. The van der Waals surface area contributed by atoms with Crippen molar-refractivity contribution in [1.29, 1.82) is 0 Å². The zero-order chi connectivity index (χ0) is 14.3. The maximum atomic E-state index is 5.80. The quantitative estimate of drug-likeness (QED) is 0.697. The average molecular weight is 270 g/mol. The molecule has 3 heteroatoms. The zero-order valence-corrected chi connectivity index (χ0v) is 13.6. The maximum absolute atomic E-state index is 5.80. The molecule has 1 heterocycles. The molecule has 0 aromatic carbocycles. The zero-order valence-electron chi connectivity index (χ0n) is 13.6. The topological polar surface area (TPSA) is 24.5 Å². The van der Waals surface area contributed by atoms with Crippen molar-refractivity contribution in [3.63, 3.8) is 0 Å². The Bertz CT molecular complexity index is 225. The van der Waals surface area contributed by atoms with Gasteiger partial charge in [-0.1, -0.05) is 34.6 Å². The molecule has 3 nitrogen and oxygen atoms in total. The van der Waals surface area contributed by atoms with Gasteiger partial charge in [0, 0.05) is 25.7 Å². The van der Waals surface area contributed by atoms with Crippen LogP contribution in [-0.2, 0) is 4.74 Å². The lowest BCUT2D eigenvalue weighted by Crippen LogP contribution is -2.48. The van der Waals surface area contributed by atoms with Crippen molar-refractivity contribution in [3.8, 4) is 0 Å². The highest BCUT2D eigenvalue weighted by Gasteiger charge is 2.25. The summed E-state index contributed by atoms with van der Waals surface area (Å²) in [6, 6.07) is 0.618. The van der Waals surface area contributed by atoms with Crippen molar-refractivity contribution >= 4 is 0 Å². The molecule has 0 spiro atoms. The fourth-order valence-corrected chi connectivity index (χ4v) is 2.86. The molecular formula is C16H34N2O. The standard InChI is InChI=1S/C16H34N2O/c1-6-18(12-15-8-7-9-19-15)16(14(4)5)11-17-10-13(2)3/h13-17H,6-12H2,1-5H3. The summed E-state index contributed by atoms with van der Waals surface area (Å²) in [7, 11) is 0. The van der Waals surface area contributed by atoms with E-state index in [1.807, 2.05) is 0 Å². The molecule has 2 atom stereocenters. The molecular weight excluding hydrogens is 236 g/mol. The lowest BCUT2D eigenvalue weighted by molar-refractivity contribution is 0.0492. The third-order valence-corrected chi connectivity index (χ3v) is 4.01. The first-order valence-corrected chi connectivity index (χ1v) is 8.10. The van der Waals surface area contributed by atoms with Crippen molar-refractivity contribution in [2.75, 3.05) is 32.8 Å². The fraction of sp³-hybridized carbons (Fsp3) is 1.00. The molecule has 0 amide bonds. The van der Waals surface area contributed by atoms with Crippen molar-refractivity contribution in [1.82, 2.24) is 10.2 Å². The number of likely N-dealkylation sites (N-methyl/N-ethyl adjacent to an activating group) is 1. The van der Waals surface area contributed by atoms with Gasteiger partial charge in [-0.15, -0.1) is 0 Å². The van der Waals surface area contributed by atoms with Gasteiger partial charge >= 0.3 is 0 Å². The number of nitrogens with one attached hydrogen (secondary N) is 1. The summed E-state index contributed by atoms with van der Waals surface area (Å²) in [4.78, 5) is 2.61. The smallest absolute Gasteiger partial charge is 0.0702 e. The number of hydrogen-bond donors (Lipinski definition) is 1. The first-order valence-electron chi connectivity index (χ1n) is 8.10. The van der Waals surface area contributed by atoms with Gasteiger partial charge in [0.2, 0.25) is 0 Å². The molecule has 1 rings (SSSR count). The minimum atomic E-state index is 0.464. The van der Waals surface area contributed by atoms with Crippen LogP contribution in [-0.4, -0.2) is 49.8 Å². The van der Waals surface area contributed by atoms with Crippen LogP contribution in [0.2, 0.25) is 0 Å². The Labute approximate surface area is 120 Å². The Hall–Kier alpha value is -0.120. The predicted molar refractivity (Wildman–Crippen MR) is 82.6 cm³/mol. The van der Waals surface area contributed by atoms with E-state index in [0.29, 0.717) is 18.1 Å². The molecule has 1 N–H and O–H groups in total. The number of ether oxygens (including phenoxy) is 1. The Morgan fingerprint density at radius 2 is 1.95 bits per heavy atom. The molecule has 0 aromatic heterocycles. The van der Waals surface area contributed by atoms with Gasteiger partial charge in [0.05, 0.1) is 6.10 Å². The van der Waals surface area contributed by atoms with E-state index in [4.69, 9.17) is 4.74 Å². The third-order valence-electron chi connectivity index (χ3n) is 4.01. The number of rotatable bonds is 9. The number of hydrogen-bond acceptors (Lipinski definition) is 3. The van der Waals surface area contributed by atoms with E-state index >= 15 is 0 Å². The van der Waals surface area contributed by atoms with Gasteiger partial charge in [-0.05, 0) is 37.8 Å². The highest BCUT2D eigenvalue weighted by atomic mass is 16.5. The largest absolute Gasteiger partial charge is 0.377 e. The molecule has 1 aliphatic rings. The van der Waals surface area contributed by atoms with Crippen LogP contribution in [0.15, 0.2) is 0 Å². The second-order valence-electron chi connectivity index (χ2n) is 6.59. The van der Waals surface area contributed by atoms with Gasteiger partial charge in [0.1, 0.15) is 0 Å². The van der Waals surface area contributed by atoms with Crippen molar-refractivity contribution in [2.45, 2.75) is 59.6 Å². The van der Waals surface area contributed by atoms with Gasteiger partial charge < -0.3 is 10.1 Å². The summed E-state index contributed by atoms with van der Waals surface area (Å²) < 4.78 is 5.80. The molecule has 1 aliphatic heterocycles. The van der Waals surface area contributed by atoms with Crippen LogP contribution in [0.4, 0.5) is 0 Å². The summed E-state index contributed by atoms with van der Waals surface area (Å²) in [5.41, 5.74) is 0. The van der Waals surface area contributed by atoms with E-state index in [1.54, 1.807) is 0 Å². The summed E-state index contributed by atoms with van der Waals surface area (Å²) in [5.74, 6) is 1.40.